The van der Waals surface area contributed by atoms with Crippen molar-refractivity contribution < 1.29 is 14.3 Å². The highest BCUT2D eigenvalue weighted by atomic mass is 16.6. The minimum absolute atomic E-state index is 0.532. The second-order valence-electron chi connectivity index (χ2n) is 6.72. The SMILES string of the molecule is CN(C)c1ccccc1C(C)(C=O)N(C)C(=O)OC(C)(C)C. The van der Waals surface area contributed by atoms with Crippen LogP contribution in [0.1, 0.15) is 33.3 Å². The lowest BCUT2D eigenvalue weighted by Gasteiger charge is -2.37. The number of likely N-dealkylation sites (N-methyl/N-ethyl adjacent to an activating group) is 1. The minimum atomic E-state index is -1.11. The Morgan fingerprint density at radius 1 is 1.09 bits per heavy atom. The topological polar surface area (TPSA) is 49.9 Å². The highest BCUT2D eigenvalue weighted by molar-refractivity contribution is 5.80. The standard InChI is InChI=1S/C17H26N2O3/c1-16(2,3)22-15(21)19(7)17(4,12-20)13-10-8-9-11-14(13)18(5)6/h8-12H,1-7H3. The van der Waals surface area contributed by atoms with Crippen LogP contribution in [0, 0.1) is 0 Å². The lowest BCUT2D eigenvalue weighted by atomic mass is 9.90. The Labute approximate surface area is 132 Å². The summed E-state index contributed by atoms with van der Waals surface area (Å²) < 4.78 is 5.38. The fourth-order valence-electron chi connectivity index (χ4n) is 2.13. The van der Waals surface area contributed by atoms with E-state index in [0.717, 1.165) is 17.5 Å². The van der Waals surface area contributed by atoms with Gasteiger partial charge >= 0.3 is 6.09 Å². The zero-order valence-corrected chi connectivity index (χ0v) is 14.5. The third-order valence-corrected chi connectivity index (χ3v) is 3.52. The molecule has 0 radical (unpaired) electrons. The van der Waals surface area contributed by atoms with E-state index in [1.54, 1.807) is 34.7 Å². The molecule has 0 bridgehead atoms. The predicted molar refractivity (Wildman–Crippen MR) is 88.2 cm³/mol. The summed E-state index contributed by atoms with van der Waals surface area (Å²) >= 11 is 0. The van der Waals surface area contributed by atoms with Crippen LogP contribution in [0.2, 0.25) is 0 Å². The van der Waals surface area contributed by atoms with Crippen molar-refractivity contribution in [2.45, 2.75) is 38.8 Å². The van der Waals surface area contributed by atoms with E-state index in [2.05, 4.69) is 0 Å². The Balaban J connectivity index is 3.27. The molecule has 0 heterocycles. The van der Waals surface area contributed by atoms with Crippen LogP contribution in [0.5, 0.6) is 0 Å². The molecule has 1 amide bonds. The normalized spacial score (nSPS) is 14.0. The van der Waals surface area contributed by atoms with Crippen molar-refractivity contribution in [3.05, 3.63) is 29.8 Å². The molecule has 5 heteroatoms. The third-order valence-electron chi connectivity index (χ3n) is 3.52. The highest BCUT2D eigenvalue weighted by Gasteiger charge is 2.38. The molecule has 0 fully saturated rings. The van der Waals surface area contributed by atoms with E-state index in [1.165, 1.54) is 4.90 Å². The largest absolute Gasteiger partial charge is 0.444 e. The van der Waals surface area contributed by atoms with Crippen molar-refractivity contribution >= 4 is 18.1 Å². The Bertz CT molecular complexity index is 549. The fraction of sp³-hybridized carbons (Fsp3) is 0.529. The smallest absolute Gasteiger partial charge is 0.411 e. The van der Waals surface area contributed by atoms with Gasteiger partial charge in [0.1, 0.15) is 17.4 Å². The average molecular weight is 306 g/mol. The number of carbonyl (C=O) groups excluding carboxylic acids is 2. The summed E-state index contributed by atoms with van der Waals surface area (Å²) in [6.45, 7) is 7.10. The molecule has 1 atom stereocenters. The maximum atomic E-state index is 12.3. The molecule has 122 valence electrons. The highest BCUT2D eigenvalue weighted by Crippen LogP contribution is 2.33. The first kappa shape index (κ1) is 18.0. The number of carbonyl (C=O) groups is 2. The number of benzene rings is 1. The van der Waals surface area contributed by atoms with Gasteiger partial charge in [0.25, 0.3) is 0 Å². The fourth-order valence-corrected chi connectivity index (χ4v) is 2.13. The summed E-state index contributed by atoms with van der Waals surface area (Å²) in [5, 5.41) is 0. The van der Waals surface area contributed by atoms with Gasteiger partial charge in [0.2, 0.25) is 0 Å². The van der Waals surface area contributed by atoms with E-state index in [-0.39, 0.29) is 0 Å². The molecule has 0 saturated heterocycles. The van der Waals surface area contributed by atoms with E-state index in [1.807, 2.05) is 43.3 Å². The number of amides is 1. The van der Waals surface area contributed by atoms with E-state index in [0.29, 0.717) is 0 Å². The van der Waals surface area contributed by atoms with E-state index in [9.17, 15) is 9.59 Å². The van der Waals surface area contributed by atoms with Crippen LogP contribution < -0.4 is 4.90 Å². The van der Waals surface area contributed by atoms with Gasteiger partial charge in [0, 0.05) is 32.4 Å². The van der Waals surface area contributed by atoms with E-state index >= 15 is 0 Å². The third kappa shape index (κ3) is 3.78. The van der Waals surface area contributed by atoms with Gasteiger partial charge in [-0.15, -0.1) is 0 Å². The van der Waals surface area contributed by atoms with E-state index < -0.39 is 17.2 Å². The molecule has 22 heavy (non-hydrogen) atoms. The van der Waals surface area contributed by atoms with Crippen LogP contribution in [-0.4, -0.2) is 44.0 Å². The number of hydrogen-bond acceptors (Lipinski definition) is 4. The first-order chi connectivity index (χ1) is 10.0. The summed E-state index contributed by atoms with van der Waals surface area (Å²) in [6, 6.07) is 7.52. The molecule has 5 nitrogen and oxygen atoms in total. The molecule has 1 aromatic rings. The lowest BCUT2D eigenvalue weighted by Crippen LogP contribution is -2.48. The Morgan fingerprint density at radius 2 is 1.64 bits per heavy atom. The molecule has 0 aliphatic carbocycles. The van der Waals surface area contributed by atoms with Gasteiger partial charge in [-0.1, -0.05) is 18.2 Å². The number of nitrogens with zero attached hydrogens (tertiary/aromatic N) is 2. The van der Waals surface area contributed by atoms with Crippen molar-refractivity contribution in [1.82, 2.24) is 4.90 Å². The van der Waals surface area contributed by atoms with Gasteiger partial charge in [0.05, 0.1) is 0 Å². The van der Waals surface area contributed by atoms with Crippen LogP contribution >= 0.6 is 0 Å². The molecule has 0 N–H and O–H groups in total. The number of rotatable bonds is 4. The Kier molecular flexibility index (Phi) is 5.22. The number of hydrogen-bond donors (Lipinski definition) is 0. The van der Waals surface area contributed by atoms with Gasteiger partial charge in [-0.2, -0.15) is 0 Å². The molecular formula is C17H26N2O3. The molecule has 1 unspecified atom stereocenters. The molecule has 1 rings (SSSR count). The quantitative estimate of drug-likeness (QED) is 0.802. The van der Waals surface area contributed by atoms with Crippen molar-refractivity contribution in [3.8, 4) is 0 Å². The van der Waals surface area contributed by atoms with Gasteiger partial charge in [-0.05, 0) is 33.8 Å². The van der Waals surface area contributed by atoms with Crippen molar-refractivity contribution in [2.75, 3.05) is 26.0 Å². The number of para-hydroxylation sites is 1. The predicted octanol–water partition coefficient (Wildman–Crippen LogP) is 3.03. The molecule has 0 saturated carbocycles. The molecular weight excluding hydrogens is 280 g/mol. The average Bonchev–Trinajstić information content (AvgIpc) is 2.43. The second kappa shape index (κ2) is 6.38. The summed E-state index contributed by atoms with van der Waals surface area (Å²) in [5.41, 5.74) is -0.0878. The first-order valence-electron chi connectivity index (χ1n) is 7.23. The van der Waals surface area contributed by atoms with Gasteiger partial charge in [-0.25, -0.2) is 4.79 Å². The minimum Gasteiger partial charge on any atom is -0.444 e. The number of anilines is 1. The molecule has 0 aliphatic heterocycles. The van der Waals surface area contributed by atoms with Crippen LogP contribution in [0.15, 0.2) is 24.3 Å². The lowest BCUT2D eigenvalue weighted by molar-refractivity contribution is -0.117. The van der Waals surface area contributed by atoms with Crippen molar-refractivity contribution in [1.29, 1.82) is 0 Å². The van der Waals surface area contributed by atoms with Crippen LogP contribution in [0.4, 0.5) is 10.5 Å². The Morgan fingerprint density at radius 3 is 2.09 bits per heavy atom. The maximum absolute atomic E-state index is 12.3. The van der Waals surface area contributed by atoms with Crippen molar-refractivity contribution in [3.63, 3.8) is 0 Å². The molecule has 0 aromatic heterocycles. The van der Waals surface area contributed by atoms with Gasteiger partial charge in [-0.3, -0.25) is 4.90 Å². The van der Waals surface area contributed by atoms with Crippen molar-refractivity contribution in [2.24, 2.45) is 0 Å². The zero-order chi connectivity index (χ0) is 17.1. The van der Waals surface area contributed by atoms with Crippen LogP contribution in [0.3, 0.4) is 0 Å². The molecule has 0 spiro atoms. The Hall–Kier alpha value is -2.04. The van der Waals surface area contributed by atoms with Gasteiger partial charge < -0.3 is 14.4 Å². The summed E-state index contributed by atoms with van der Waals surface area (Å²) in [4.78, 5) is 27.5. The van der Waals surface area contributed by atoms with E-state index in [4.69, 9.17) is 4.74 Å². The van der Waals surface area contributed by atoms with Crippen LogP contribution in [0.25, 0.3) is 0 Å². The molecule has 0 aliphatic rings. The first-order valence-corrected chi connectivity index (χ1v) is 7.23. The monoisotopic (exact) mass is 306 g/mol. The summed E-state index contributed by atoms with van der Waals surface area (Å²) in [5.74, 6) is 0. The van der Waals surface area contributed by atoms with Gasteiger partial charge in [0.15, 0.2) is 0 Å². The van der Waals surface area contributed by atoms with Crippen LogP contribution in [-0.2, 0) is 15.1 Å². The molecule has 1 aromatic carbocycles. The number of aldehydes is 1. The maximum Gasteiger partial charge on any atom is 0.411 e. The summed E-state index contributed by atoms with van der Waals surface area (Å²) in [7, 11) is 5.38. The zero-order valence-electron chi connectivity index (χ0n) is 14.5. The second-order valence-corrected chi connectivity index (χ2v) is 6.72. The number of ether oxygens (including phenoxy) is 1. The summed E-state index contributed by atoms with van der Waals surface area (Å²) in [6.07, 6.45) is 0.245.